The molecule has 0 amide bonds. The van der Waals surface area contributed by atoms with Crippen molar-refractivity contribution >= 4 is 21.6 Å². The molecule has 0 bridgehead atoms. The Morgan fingerprint density at radius 2 is 2.14 bits per heavy atom. The molecule has 0 aromatic heterocycles. The number of rotatable bonds is 6. The van der Waals surface area contributed by atoms with Crippen LogP contribution in [0.15, 0.2) is 11.5 Å². The second kappa shape index (κ2) is 6.09. The first-order valence-corrected chi connectivity index (χ1v) is 7.51. The van der Waals surface area contributed by atoms with Crippen LogP contribution in [0.3, 0.4) is 0 Å². The van der Waals surface area contributed by atoms with E-state index in [1.807, 2.05) is 21.6 Å². The van der Waals surface area contributed by atoms with E-state index in [0.717, 1.165) is 11.7 Å². The maximum absolute atomic E-state index is 9.09. The smallest absolute Gasteiger partial charge is 0.0482 e. The van der Waals surface area contributed by atoms with Crippen LogP contribution in [0.5, 0.6) is 0 Å². The average Bonchev–Trinajstić information content (AvgIpc) is 2.65. The zero-order valence-electron chi connectivity index (χ0n) is 9.03. The van der Waals surface area contributed by atoms with Crippen molar-refractivity contribution in [2.24, 2.45) is 5.41 Å². The van der Waals surface area contributed by atoms with Crippen molar-refractivity contribution in [1.29, 1.82) is 0 Å². The lowest BCUT2D eigenvalue weighted by molar-refractivity contribution is 0.147. The van der Waals surface area contributed by atoms with Crippen molar-refractivity contribution in [2.75, 3.05) is 6.61 Å². The maximum Gasteiger partial charge on any atom is 0.0482 e. The summed E-state index contributed by atoms with van der Waals surface area (Å²) in [5.41, 5.74) is 0.118. The van der Waals surface area contributed by atoms with E-state index in [1.54, 1.807) is 0 Å². The van der Waals surface area contributed by atoms with Gasteiger partial charge in [0.25, 0.3) is 0 Å². The van der Waals surface area contributed by atoms with Crippen LogP contribution in [-0.4, -0.2) is 17.0 Å². The Hall–Kier alpha value is 0.400. The number of unbranched alkanes of at least 4 members (excludes halogenated alkanes) is 1. The first-order chi connectivity index (χ1) is 6.64. The van der Waals surface area contributed by atoms with E-state index >= 15 is 0 Å². The van der Waals surface area contributed by atoms with E-state index < -0.39 is 0 Å². The molecule has 0 aromatic rings. The third-order valence-corrected chi connectivity index (χ3v) is 4.98. The topological polar surface area (TPSA) is 20.2 Å². The van der Waals surface area contributed by atoms with Gasteiger partial charge in [-0.1, -0.05) is 54.4 Å². The van der Waals surface area contributed by atoms with Gasteiger partial charge in [-0.3, -0.25) is 0 Å². The number of aliphatic hydroxyl groups excluding tert-OH is 1. The molecule has 1 aliphatic rings. The SMILES string of the molecule is CC(C)(CO)CCCCC1C=CSS1. The molecule has 3 heteroatoms. The first-order valence-electron chi connectivity index (χ1n) is 5.24. The third-order valence-electron chi connectivity index (χ3n) is 2.55. The third kappa shape index (κ3) is 4.76. The maximum atomic E-state index is 9.09. The van der Waals surface area contributed by atoms with E-state index in [1.165, 1.54) is 19.3 Å². The van der Waals surface area contributed by atoms with Crippen LogP contribution in [0.4, 0.5) is 0 Å². The highest BCUT2D eigenvalue weighted by Crippen LogP contribution is 2.38. The molecule has 1 rings (SSSR count). The molecule has 0 saturated carbocycles. The Kier molecular flexibility index (Phi) is 5.42. The molecule has 0 spiro atoms. The second-order valence-electron chi connectivity index (χ2n) is 4.63. The van der Waals surface area contributed by atoms with Crippen LogP contribution in [-0.2, 0) is 0 Å². The van der Waals surface area contributed by atoms with Crippen LogP contribution in [0.1, 0.15) is 39.5 Å². The molecule has 1 nitrogen and oxygen atoms in total. The van der Waals surface area contributed by atoms with Gasteiger partial charge in [0.15, 0.2) is 0 Å². The molecule has 1 heterocycles. The largest absolute Gasteiger partial charge is 0.396 e. The van der Waals surface area contributed by atoms with Crippen molar-refractivity contribution in [1.82, 2.24) is 0 Å². The minimum atomic E-state index is 0.118. The van der Waals surface area contributed by atoms with Crippen molar-refractivity contribution < 1.29 is 5.11 Å². The summed E-state index contributed by atoms with van der Waals surface area (Å²) in [4.78, 5) is 0. The van der Waals surface area contributed by atoms with Crippen LogP contribution < -0.4 is 0 Å². The summed E-state index contributed by atoms with van der Waals surface area (Å²) < 4.78 is 0. The minimum Gasteiger partial charge on any atom is -0.396 e. The molecule has 1 unspecified atom stereocenters. The van der Waals surface area contributed by atoms with Crippen LogP contribution >= 0.6 is 21.6 Å². The predicted octanol–water partition coefficient (Wildman–Crippen LogP) is 3.84. The van der Waals surface area contributed by atoms with Crippen molar-refractivity contribution in [2.45, 2.75) is 44.8 Å². The normalized spacial score (nSPS) is 21.8. The summed E-state index contributed by atoms with van der Waals surface area (Å²) in [5.74, 6) is 0. The van der Waals surface area contributed by atoms with Crippen molar-refractivity contribution in [3.8, 4) is 0 Å². The standard InChI is InChI=1S/C11H20OS2/c1-11(2,9-12)7-4-3-5-10-6-8-13-14-10/h6,8,10,12H,3-5,7,9H2,1-2H3. The Morgan fingerprint density at radius 1 is 1.36 bits per heavy atom. The first kappa shape index (κ1) is 12.5. The molecule has 0 aromatic carbocycles. The second-order valence-corrected chi connectivity index (χ2v) is 7.04. The molecular weight excluding hydrogens is 212 g/mol. The zero-order chi connectivity index (χ0) is 10.4. The molecule has 1 N–H and O–H groups in total. The number of hydrogen-bond acceptors (Lipinski definition) is 3. The summed E-state index contributed by atoms with van der Waals surface area (Å²) in [6.45, 7) is 4.57. The molecule has 0 aliphatic carbocycles. The fourth-order valence-electron chi connectivity index (χ4n) is 1.43. The van der Waals surface area contributed by atoms with E-state index in [2.05, 4.69) is 25.3 Å². The van der Waals surface area contributed by atoms with E-state index in [4.69, 9.17) is 5.11 Å². The Labute approximate surface area is 95.1 Å². The Morgan fingerprint density at radius 3 is 2.71 bits per heavy atom. The molecule has 14 heavy (non-hydrogen) atoms. The molecular formula is C11H20OS2. The van der Waals surface area contributed by atoms with Gasteiger partial charge < -0.3 is 5.11 Å². The molecule has 82 valence electrons. The monoisotopic (exact) mass is 232 g/mol. The van der Waals surface area contributed by atoms with Crippen molar-refractivity contribution in [3.05, 3.63) is 11.5 Å². The summed E-state index contributed by atoms with van der Waals surface area (Å²) in [6.07, 6.45) is 7.25. The van der Waals surface area contributed by atoms with Gasteiger partial charge in [0.05, 0.1) is 0 Å². The molecule has 0 fully saturated rings. The minimum absolute atomic E-state index is 0.118. The van der Waals surface area contributed by atoms with E-state index in [0.29, 0.717) is 6.61 Å². The summed E-state index contributed by atoms with van der Waals surface area (Å²) in [6, 6.07) is 0. The summed E-state index contributed by atoms with van der Waals surface area (Å²) >= 11 is 0. The van der Waals surface area contributed by atoms with Gasteiger partial charge in [-0.05, 0) is 23.7 Å². The predicted molar refractivity (Wildman–Crippen MR) is 67.4 cm³/mol. The highest BCUT2D eigenvalue weighted by Gasteiger charge is 2.16. The van der Waals surface area contributed by atoms with Crippen LogP contribution in [0.2, 0.25) is 0 Å². The number of hydrogen-bond donors (Lipinski definition) is 1. The van der Waals surface area contributed by atoms with E-state index in [-0.39, 0.29) is 5.41 Å². The van der Waals surface area contributed by atoms with Gasteiger partial charge >= 0.3 is 0 Å². The van der Waals surface area contributed by atoms with Crippen LogP contribution in [0.25, 0.3) is 0 Å². The summed E-state index contributed by atoms with van der Waals surface area (Å²) in [7, 11) is 3.81. The van der Waals surface area contributed by atoms with Crippen molar-refractivity contribution in [3.63, 3.8) is 0 Å². The van der Waals surface area contributed by atoms with Gasteiger partial charge in [0, 0.05) is 11.9 Å². The lowest BCUT2D eigenvalue weighted by atomic mass is 9.88. The fourth-order valence-corrected chi connectivity index (χ4v) is 3.69. The van der Waals surface area contributed by atoms with Gasteiger partial charge in [0.2, 0.25) is 0 Å². The zero-order valence-corrected chi connectivity index (χ0v) is 10.7. The molecule has 1 aliphatic heterocycles. The molecule has 0 saturated heterocycles. The summed E-state index contributed by atoms with van der Waals surface area (Å²) in [5, 5.41) is 12.0. The van der Waals surface area contributed by atoms with Gasteiger partial charge in [0.1, 0.15) is 0 Å². The Balaban J connectivity index is 2.01. The molecule has 1 atom stereocenters. The number of aliphatic hydroxyl groups is 1. The van der Waals surface area contributed by atoms with Gasteiger partial charge in [-0.25, -0.2) is 0 Å². The Bertz CT molecular complexity index is 190. The highest BCUT2D eigenvalue weighted by atomic mass is 33.1. The quantitative estimate of drug-likeness (QED) is 0.555. The molecule has 0 radical (unpaired) electrons. The highest BCUT2D eigenvalue weighted by molar-refractivity contribution is 8.78. The van der Waals surface area contributed by atoms with Crippen LogP contribution in [0, 0.1) is 5.41 Å². The lowest BCUT2D eigenvalue weighted by Gasteiger charge is -2.21. The average molecular weight is 232 g/mol. The fraction of sp³-hybridized carbons (Fsp3) is 0.818. The van der Waals surface area contributed by atoms with Gasteiger partial charge in [-0.15, -0.1) is 0 Å². The van der Waals surface area contributed by atoms with E-state index in [9.17, 15) is 0 Å². The lowest BCUT2D eigenvalue weighted by Crippen LogP contribution is -2.16. The van der Waals surface area contributed by atoms with Gasteiger partial charge in [-0.2, -0.15) is 0 Å².